The van der Waals surface area contributed by atoms with E-state index in [1.54, 1.807) is 35.7 Å². The molecule has 0 saturated heterocycles. The third-order valence-electron chi connectivity index (χ3n) is 3.64. The molecule has 1 amide bonds. The van der Waals surface area contributed by atoms with Crippen LogP contribution in [0.4, 0.5) is 10.8 Å². The van der Waals surface area contributed by atoms with Gasteiger partial charge >= 0.3 is 0 Å². The Morgan fingerprint density at radius 2 is 1.93 bits per heavy atom. The van der Waals surface area contributed by atoms with Crippen molar-refractivity contribution in [3.8, 4) is 0 Å². The summed E-state index contributed by atoms with van der Waals surface area (Å²) in [5.41, 5.74) is 0.0506. The van der Waals surface area contributed by atoms with Gasteiger partial charge in [-0.1, -0.05) is 30.3 Å². The second-order valence-electron chi connectivity index (χ2n) is 5.57. The molecule has 0 saturated carbocycles. The molecule has 0 atom stereocenters. The molecule has 0 radical (unpaired) electrons. The molecule has 11 heteroatoms. The molecule has 2 N–H and O–H groups in total. The molecule has 0 aliphatic rings. The molecule has 3 aromatic rings. The number of benzene rings is 2. The van der Waals surface area contributed by atoms with Gasteiger partial charge in [0.05, 0.1) is 9.82 Å². The number of carbonyl (C=O) groups excluding carboxylic acids is 1. The van der Waals surface area contributed by atoms with E-state index in [0.717, 1.165) is 35.1 Å². The number of sulfonamides is 1. The van der Waals surface area contributed by atoms with Crippen LogP contribution in [0.15, 0.2) is 65.0 Å². The molecule has 2 aromatic carbocycles. The minimum Gasteiger partial charge on any atom is -0.298 e. The normalized spacial score (nSPS) is 11.1. The van der Waals surface area contributed by atoms with Gasteiger partial charge in [-0.25, -0.2) is 18.1 Å². The van der Waals surface area contributed by atoms with E-state index in [0.29, 0.717) is 5.13 Å². The Morgan fingerprint density at radius 1 is 1.18 bits per heavy atom. The lowest BCUT2D eigenvalue weighted by atomic mass is 10.2. The molecule has 0 aliphatic carbocycles. The first-order valence-electron chi connectivity index (χ1n) is 7.89. The Balaban J connectivity index is 1.89. The maximum Gasteiger partial charge on any atom is 0.271 e. The van der Waals surface area contributed by atoms with Crippen molar-refractivity contribution in [3.63, 3.8) is 0 Å². The number of nitro benzene ring substituents is 1. The number of hydrogen-bond donors (Lipinski definition) is 2. The second-order valence-corrected chi connectivity index (χ2v) is 8.24. The number of amides is 1. The van der Waals surface area contributed by atoms with E-state index in [-0.39, 0.29) is 17.0 Å². The zero-order valence-corrected chi connectivity index (χ0v) is 15.9. The monoisotopic (exact) mass is 418 g/mol. The first-order valence-corrected chi connectivity index (χ1v) is 10.3. The largest absolute Gasteiger partial charge is 0.298 e. The van der Waals surface area contributed by atoms with Crippen LogP contribution in [0.1, 0.15) is 15.9 Å². The Bertz CT molecular complexity index is 1100. The highest BCUT2D eigenvalue weighted by Crippen LogP contribution is 2.22. The van der Waals surface area contributed by atoms with Crippen molar-refractivity contribution >= 4 is 38.1 Å². The van der Waals surface area contributed by atoms with Crippen LogP contribution < -0.4 is 10.0 Å². The van der Waals surface area contributed by atoms with Crippen LogP contribution >= 0.6 is 11.3 Å². The highest BCUT2D eigenvalue weighted by atomic mass is 32.2. The molecular weight excluding hydrogens is 404 g/mol. The van der Waals surface area contributed by atoms with Gasteiger partial charge in [-0.15, -0.1) is 11.3 Å². The van der Waals surface area contributed by atoms with Crippen LogP contribution in [0.3, 0.4) is 0 Å². The Kier molecular flexibility index (Phi) is 5.78. The van der Waals surface area contributed by atoms with Gasteiger partial charge in [0.1, 0.15) is 0 Å². The molecule has 28 heavy (non-hydrogen) atoms. The predicted octanol–water partition coefficient (Wildman–Crippen LogP) is 2.78. The average molecular weight is 418 g/mol. The van der Waals surface area contributed by atoms with Crippen LogP contribution in [0, 0.1) is 10.1 Å². The number of non-ortho nitro benzene ring substituents is 1. The molecular formula is C17H14N4O5S2. The summed E-state index contributed by atoms with van der Waals surface area (Å²) in [5.74, 6) is -0.696. The van der Waals surface area contributed by atoms with E-state index in [1.807, 2.05) is 0 Å². The van der Waals surface area contributed by atoms with Gasteiger partial charge in [-0.2, -0.15) is 0 Å². The molecule has 3 rings (SSSR count). The summed E-state index contributed by atoms with van der Waals surface area (Å²) in [6.45, 7) is 0.00646. The minimum atomic E-state index is -4.08. The Morgan fingerprint density at radius 3 is 2.57 bits per heavy atom. The van der Waals surface area contributed by atoms with Crippen LogP contribution in [-0.2, 0) is 16.6 Å². The summed E-state index contributed by atoms with van der Waals surface area (Å²) in [6.07, 6.45) is 1.48. The lowest BCUT2D eigenvalue weighted by molar-refractivity contribution is -0.385. The fraction of sp³-hybridized carbons (Fsp3) is 0.0588. The first-order chi connectivity index (χ1) is 13.3. The van der Waals surface area contributed by atoms with Gasteiger partial charge in [0.2, 0.25) is 10.0 Å². The van der Waals surface area contributed by atoms with E-state index >= 15 is 0 Å². The number of rotatable bonds is 7. The lowest BCUT2D eigenvalue weighted by Gasteiger charge is -2.09. The zero-order valence-electron chi connectivity index (χ0n) is 14.2. The van der Waals surface area contributed by atoms with E-state index < -0.39 is 26.5 Å². The van der Waals surface area contributed by atoms with Crippen molar-refractivity contribution in [2.45, 2.75) is 11.4 Å². The summed E-state index contributed by atoms with van der Waals surface area (Å²) < 4.78 is 27.6. The van der Waals surface area contributed by atoms with E-state index in [1.165, 1.54) is 6.20 Å². The van der Waals surface area contributed by atoms with Crippen molar-refractivity contribution in [3.05, 3.63) is 81.3 Å². The average Bonchev–Trinajstić information content (AvgIpc) is 3.20. The smallest absolute Gasteiger partial charge is 0.271 e. The van der Waals surface area contributed by atoms with Crippen LogP contribution in [0.5, 0.6) is 0 Å². The number of carbonyl (C=O) groups is 1. The number of nitrogens with one attached hydrogen (secondary N) is 2. The standard InChI is InChI=1S/C17H14N4O5S2/c22-16(20-17-18-6-7-27-17)13-8-14(21(23)24)10-15(9-13)28(25,26)19-11-12-4-2-1-3-5-12/h1-10,19H,11H2,(H,18,20,22). The Hall–Kier alpha value is -3.15. The van der Waals surface area contributed by atoms with Crippen molar-refractivity contribution in [2.24, 2.45) is 0 Å². The summed E-state index contributed by atoms with van der Waals surface area (Å²) in [7, 11) is -4.08. The van der Waals surface area contributed by atoms with Gasteiger partial charge in [-0.05, 0) is 11.6 Å². The fourth-order valence-corrected chi connectivity index (χ4v) is 3.89. The minimum absolute atomic E-state index is 0.00646. The van der Waals surface area contributed by atoms with E-state index in [2.05, 4.69) is 15.0 Å². The third kappa shape index (κ3) is 4.76. The van der Waals surface area contributed by atoms with Crippen molar-refractivity contribution in [1.82, 2.24) is 9.71 Å². The quantitative estimate of drug-likeness (QED) is 0.448. The van der Waals surface area contributed by atoms with Gasteiger partial charge in [-0.3, -0.25) is 20.2 Å². The van der Waals surface area contributed by atoms with E-state index in [4.69, 9.17) is 0 Å². The molecule has 0 aliphatic heterocycles. The number of hydrogen-bond acceptors (Lipinski definition) is 7. The van der Waals surface area contributed by atoms with Crippen LogP contribution in [0.2, 0.25) is 0 Å². The van der Waals surface area contributed by atoms with Crippen molar-refractivity contribution in [2.75, 3.05) is 5.32 Å². The number of nitro groups is 1. The molecule has 9 nitrogen and oxygen atoms in total. The third-order valence-corrected chi connectivity index (χ3v) is 5.71. The molecule has 1 aromatic heterocycles. The highest BCUT2D eigenvalue weighted by molar-refractivity contribution is 7.89. The van der Waals surface area contributed by atoms with E-state index in [9.17, 15) is 23.3 Å². The lowest BCUT2D eigenvalue weighted by Crippen LogP contribution is -2.24. The summed E-state index contributed by atoms with van der Waals surface area (Å²) >= 11 is 1.16. The number of nitrogens with zero attached hydrogens (tertiary/aromatic N) is 2. The van der Waals surface area contributed by atoms with Crippen LogP contribution in [-0.4, -0.2) is 24.2 Å². The topological polar surface area (TPSA) is 131 Å². The fourth-order valence-electron chi connectivity index (χ4n) is 2.29. The van der Waals surface area contributed by atoms with Crippen molar-refractivity contribution in [1.29, 1.82) is 0 Å². The summed E-state index contributed by atoms with van der Waals surface area (Å²) in [4.78, 5) is 26.3. The molecule has 0 unspecified atom stereocenters. The summed E-state index contributed by atoms with van der Waals surface area (Å²) in [6, 6.07) is 11.8. The SMILES string of the molecule is O=C(Nc1nccs1)c1cc([N+](=O)[O-])cc(S(=O)(=O)NCc2ccccc2)c1. The van der Waals surface area contributed by atoms with Crippen molar-refractivity contribution < 1.29 is 18.1 Å². The maximum absolute atomic E-state index is 12.6. The van der Waals surface area contributed by atoms with Gasteiger partial charge in [0.15, 0.2) is 5.13 Å². The number of aromatic nitrogens is 1. The molecule has 0 bridgehead atoms. The Labute approximate surface area is 164 Å². The molecule has 1 heterocycles. The molecule has 144 valence electrons. The molecule has 0 spiro atoms. The molecule has 0 fully saturated rings. The van der Waals surface area contributed by atoms with Gasteiger partial charge in [0.25, 0.3) is 11.6 Å². The highest BCUT2D eigenvalue weighted by Gasteiger charge is 2.22. The zero-order chi connectivity index (χ0) is 20.1. The van der Waals surface area contributed by atoms with Gasteiger partial charge in [0, 0.05) is 35.8 Å². The second kappa shape index (κ2) is 8.25. The maximum atomic E-state index is 12.6. The number of thiazole rings is 1. The van der Waals surface area contributed by atoms with Crippen LogP contribution in [0.25, 0.3) is 0 Å². The first kappa shape index (κ1) is 19.6. The van der Waals surface area contributed by atoms with Gasteiger partial charge < -0.3 is 0 Å². The predicted molar refractivity (Wildman–Crippen MR) is 104 cm³/mol. The summed E-state index contributed by atoms with van der Waals surface area (Å²) in [5, 5.41) is 15.6. The number of anilines is 1.